The molecule has 0 aromatic heterocycles. The van der Waals surface area contributed by atoms with Crippen molar-refractivity contribution in [2.24, 2.45) is 0 Å². The van der Waals surface area contributed by atoms with Gasteiger partial charge in [-0.1, -0.05) is 42.5 Å². The molecule has 1 heterocycles. The van der Waals surface area contributed by atoms with E-state index in [-0.39, 0.29) is 0 Å². The molecule has 4 aromatic carbocycles. The molecule has 2 radical (unpaired) electrons. The van der Waals surface area contributed by atoms with Gasteiger partial charge in [0.15, 0.2) is 0 Å². The standard InChI is InChI=1S/C38H38N4O5S/c1-28-21-35(46-20-18-31-7-6-19-42(27-31)45-3)23-36(22-28)47-34-16-14-33(15-17-34)26-41(25-32-12-10-30(24-39)11-13-32)38-9-5-8-37(29(38)2)40-48(4,43)44/h1,5-17,21-23,27,40H,18-20,25-26H2,2-4H3. The molecule has 48 heavy (non-hydrogen) atoms. The van der Waals surface area contributed by atoms with Crippen molar-refractivity contribution in [2.75, 3.05) is 36.1 Å². The number of hydrogen-bond acceptors (Lipinski definition) is 8. The van der Waals surface area contributed by atoms with E-state index in [1.807, 2.05) is 73.8 Å². The third-order valence-electron chi connectivity index (χ3n) is 7.65. The number of rotatable bonds is 14. The number of anilines is 2. The summed E-state index contributed by atoms with van der Waals surface area (Å²) in [6.07, 6.45) is 7.92. The summed E-state index contributed by atoms with van der Waals surface area (Å²) in [6, 6.07) is 28.3. The largest absolute Gasteiger partial charge is 0.493 e. The highest BCUT2D eigenvalue weighted by atomic mass is 32.2. The van der Waals surface area contributed by atoms with Crippen molar-refractivity contribution in [2.45, 2.75) is 26.4 Å². The number of allylic oxidation sites excluding steroid dienone is 1. The Balaban J connectivity index is 1.29. The van der Waals surface area contributed by atoms with Crippen molar-refractivity contribution in [3.63, 3.8) is 0 Å². The molecule has 0 spiro atoms. The lowest BCUT2D eigenvalue weighted by atomic mass is 10.1. The lowest BCUT2D eigenvalue weighted by molar-refractivity contribution is -0.0799. The average Bonchev–Trinajstić information content (AvgIpc) is 3.06. The molecule has 10 heteroatoms. The Kier molecular flexibility index (Phi) is 11.1. The fraction of sp³-hybridized carbons (Fsp3) is 0.211. The molecule has 1 aliphatic heterocycles. The normalized spacial score (nSPS) is 12.6. The van der Waals surface area contributed by atoms with Gasteiger partial charge in [0.1, 0.15) is 17.2 Å². The molecule has 0 unspecified atom stereocenters. The number of nitrogens with zero attached hydrogens (tertiary/aromatic N) is 3. The van der Waals surface area contributed by atoms with Gasteiger partial charge in [0.25, 0.3) is 0 Å². The van der Waals surface area contributed by atoms with Gasteiger partial charge in [0.05, 0.1) is 43.8 Å². The summed E-state index contributed by atoms with van der Waals surface area (Å²) in [5.41, 5.74) is 6.46. The quantitative estimate of drug-likeness (QED) is 0.149. The van der Waals surface area contributed by atoms with Gasteiger partial charge in [-0.15, -0.1) is 0 Å². The van der Waals surface area contributed by atoms with E-state index in [1.165, 1.54) is 0 Å². The Morgan fingerprint density at radius 2 is 1.65 bits per heavy atom. The SMILES string of the molecule is [CH]c1cc(OCCC2=CN(OC)CC=C2)cc(Oc2ccc(CN(Cc3ccc(C#N)cc3)c3cccc(NS(C)(=O)=O)c3C)cc2)c1. The summed E-state index contributed by atoms with van der Waals surface area (Å²) in [7, 11) is -1.81. The van der Waals surface area contributed by atoms with Crippen molar-refractivity contribution in [1.82, 2.24) is 5.06 Å². The molecular formula is C38H38N4O5S. The molecule has 1 N–H and O–H groups in total. The Morgan fingerprint density at radius 3 is 2.31 bits per heavy atom. The predicted molar refractivity (Wildman–Crippen MR) is 188 cm³/mol. The van der Waals surface area contributed by atoms with Crippen LogP contribution in [0.4, 0.5) is 11.4 Å². The zero-order chi connectivity index (χ0) is 34.1. The van der Waals surface area contributed by atoms with Crippen LogP contribution in [0.25, 0.3) is 0 Å². The van der Waals surface area contributed by atoms with Crippen LogP contribution in [0.5, 0.6) is 17.2 Å². The highest BCUT2D eigenvalue weighted by Gasteiger charge is 2.16. The number of benzene rings is 4. The number of nitrogens with one attached hydrogen (secondary N) is 1. The summed E-state index contributed by atoms with van der Waals surface area (Å²) < 4.78 is 38.8. The molecule has 0 saturated carbocycles. The van der Waals surface area contributed by atoms with Crippen molar-refractivity contribution in [3.05, 3.63) is 144 Å². The monoisotopic (exact) mass is 662 g/mol. The third-order valence-corrected chi connectivity index (χ3v) is 8.24. The molecule has 0 fully saturated rings. The maximum Gasteiger partial charge on any atom is 0.229 e. The van der Waals surface area contributed by atoms with Gasteiger partial charge in [-0.05, 0) is 90.2 Å². The van der Waals surface area contributed by atoms with E-state index in [0.717, 1.165) is 34.2 Å². The molecular weight excluding hydrogens is 625 g/mol. The summed E-state index contributed by atoms with van der Waals surface area (Å²) >= 11 is 0. The second-order valence-corrected chi connectivity index (χ2v) is 13.2. The first-order valence-corrected chi connectivity index (χ1v) is 17.3. The van der Waals surface area contributed by atoms with Crippen LogP contribution in [0.3, 0.4) is 0 Å². The first kappa shape index (κ1) is 34.1. The molecule has 0 aliphatic carbocycles. The number of nitriles is 1. The smallest absolute Gasteiger partial charge is 0.229 e. The molecule has 9 nitrogen and oxygen atoms in total. The molecule has 4 aromatic rings. The Morgan fingerprint density at radius 1 is 0.958 bits per heavy atom. The number of hydroxylamine groups is 2. The third kappa shape index (κ3) is 9.64. The second-order valence-electron chi connectivity index (χ2n) is 11.5. The summed E-state index contributed by atoms with van der Waals surface area (Å²) in [5, 5.41) is 11.0. The topological polar surface area (TPSA) is 104 Å². The number of sulfonamides is 1. The highest BCUT2D eigenvalue weighted by molar-refractivity contribution is 7.92. The molecule has 0 atom stereocenters. The van der Waals surface area contributed by atoms with Crippen LogP contribution in [0.1, 0.15) is 34.2 Å². The van der Waals surface area contributed by atoms with Gasteiger partial charge in [0, 0.05) is 37.5 Å². The zero-order valence-electron chi connectivity index (χ0n) is 27.2. The van der Waals surface area contributed by atoms with Gasteiger partial charge in [-0.25, -0.2) is 8.42 Å². The number of ether oxygens (including phenoxy) is 2. The van der Waals surface area contributed by atoms with Crippen LogP contribution in [0.2, 0.25) is 0 Å². The lowest BCUT2D eigenvalue weighted by Crippen LogP contribution is -2.23. The maximum atomic E-state index is 12.0. The van der Waals surface area contributed by atoms with Crippen molar-refractivity contribution in [3.8, 4) is 23.3 Å². The second kappa shape index (κ2) is 15.6. The fourth-order valence-electron chi connectivity index (χ4n) is 5.31. The van der Waals surface area contributed by atoms with Gasteiger partial charge >= 0.3 is 0 Å². The van der Waals surface area contributed by atoms with Crippen LogP contribution >= 0.6 is 0 Å². The molecule has 0 bridgehead atoms. The molecule has 1 aliphatic rings. The van der Waals surface area contributed by atoms with Crippen LogP contribution in [0, 0.1) is 25.2 Å². The van der Waals surface area contributed by atoms with E-state index in [0.29, 0.717) is 66.7 Å². The molecule has 5 rings (SSSR count). The average molecular weight is 663 g/mol. The Labute approximate surface area is 283 Å². The van der Waals surface area contributed by atoms with Crippen LogP contribution < -0.4 is 19.1 Å². The minimum Gasteiger partial charge on any atom is -0.493 e. The molecule has 246 valence electrons. The van der Waals surface area contributed by atoms with Crippen molar-refractivity contribution < 1.29 is 22.7 Å². The highest BCUT2D eigenvalue weighted by Crippen LogP contribution is 2.32. The summed E-state index contributed by atoms with van der Waals surface area (Å²) in [5.74, 6) is 1.82. The maximum absolute atomic E-state index is 12.0. The fourth-order valence-corrected chi connectivity index (χ4v) is 5.93. The van der Waals surface area contributed by atoms with Crippen molar-refractivity contribution in [1.29, 1.82) is 5.26 Å². The van der Waals surface area contributed by atoms with Gasteiger partial charge in [-0.2, -0.15) is 5.26 Å². The van der Waals surface area contributed by atoms with Gasteiger partial charge in [-0.3, -0.25) is 14.6 Å². The van der Waals surface area contributed by atoms with Crippen LogP contribution in [-0.4, -0.2) is 40.0 Å². The minimum absolute atomic E-state index is 0.469. The van der Waals surface area contributed by atoms with Gasteiger partial charge in [0.2, 0.25) is 10.0 Å². The Hall–Kier alpha value is -5.24. The van der Waals surface area contributed by atoms with E-state index in [9.17, 15) is 13.7 Å². The summed E-state index contributed by atoms with van der Waals surface area (Å²) in [4.78, 5) is 7.45. The zero-order valence-corrected chi connectivity index (χ0v) is 28.0. The summed E-state index contributed by atoms with van der Waals surface area (Å²) in [6.45, 7) is 10.3. The first-order chi connectivity index (χ1) is 23.1. The molecule has 0 amide bonds. The van der Waals surface area contributed by atoms with E-state index in [2.05, 4.69) is 21.8 Å². The van der Waals surface area contributed by atoms with E-state index < -0.39 is 10.0 Å². The predicted octanol–water partition coefficient (Wildman–Crippen LogP) is 7.38. The van der Waals surface area contributed by atoms with E-state index >= 15 is 0 Å². The number of hydrogen-bond donors (Lipinski definition) is 1. The van der Waals surface area contributed by atoms with E-state index in [4.69, 9.17) is 21.2 Å². The molecule has 0 saturated heterocycles. The van der Waals surface area contributed by atoms with Crippen molar-refractivity contribution >= 4 is 21.4 Å². The van der Waals surface area contributed by atoms with E-state index in [1.54, 1.807) is 42.5 Å². The van der Waals surface area contributed by atoms with Crippen LogP contribution in [0.15, 0.2) is 109 Å². The van der Waals surface area contributed by atoms with Crippen LogP contribution in [-0.2, 0) is 28.0 Å². The minimum atomic E-state index is -3.46. The first-order valence-electron chi connectivity index (χ1n) is 15.4. The Bertz CT molecular complexity index is 1930. The lowest BCUT2D eigenvalue weighted by Gasteiger charge is -2.28. The van der Waals surface area contributed by atoms with Gasteiger partial charge < -0.3 is 14.4 Å².